The zero-order valence-corrected chi connectivity index (χ0v) is 13.3. The lowest BCUT2D eigenvalue weighted by Gasteiger charge is -2.24. The van der Waals surface area contributed by atoms with Crippen LogP contribution in [-0.2, 0) is 6.54 Å². The molecule has 0 amide bonds. The summed E-state index contributed by atoms with van der Waals surface area (Å²) in [5.41, 5.74) is 2.19. The molecule has 0 unspecified atom stereocenters. The van der Waals surface area contributed by atoms with E-state index in [1.54, 1.807) is 0 Å². The fourth-order valence-corrected chi connectivity index (χ4v) is 3.49. The Hall–Kier alpha value is -1.75. The van der Waals surface area contributed by atoms with Gasteiger partial charge in [0.15, 0.2) is 11.5 Å². The number of ether oxygens (including phenoxy) is 2. The molecule has 0 atom stereocenters. The van der Waals surface area contributed by atoms with Crippen LogP contribution in [0.15, 0.2) is 12.1 Å². The van der Waals surface area contributed by atoms with Gasteiger partial charge in [0.25, 0.3) is 0 Å². The SMILES string of the molecule is CC(C)c1nc2cc3c(cc2n1CC1CCNCC1)OCO3. The molecule has 1 aromatic heterocycles. The summed E-state index contributed by atoms with van der Waals surface area (Å²) in [7, 11) is 0. The molecule has 2 aliphatic rings. The lowest BCUT2D eigenvalue weighted by molar-refractivity contribution is 0.174. The Labute approximate surface area is 130 Å². The van der Waals surface area contributed by atoms with Gasteiger partial charge in [0, 0.05) is 24.6 Å². The van der Waals surface area contributed by atoms with Crippen LogP contribution in [0.5, 0.6) is 11.5 Å². The summed E-state index contributed by atoms with van der Waals surface area (Å²) in [5, 5.41) is 3.44. The van der Waals surface area contributed by atoms with Crippen LogP contribution >= 0.6 is 0 Å². The molecule has 0 aliphatic carbocycles. The molecule has 22 heavy (non-hydrogen) atoms. The quantitative estimate of drug-likeness (QED) is 0.947. The van der Waals surface area contributed by atoms with Crippen molar-refractivity contribution in [3.63, 3.8) is 0 Å². The number of nitrogens with one attached hydrogen (secondary N) is 1. The summed E-state index contributed by atoms with van der Waals surface area (Å²) < 4.78 is 13.4. The van der Waals surface area contributed by atoms with Crippen LogP contribution in [0.1, 0.15) is 38.4 Å². The van der Waals surface area contributed by atoms with Crippen molar-refractivity contribution in [3.05, 3.63) is 18.0 Å². The molecule has 5 heteroatoms. The summed E-state index contributed by atoms with van der Waals surface area (Å²) in [5.74, 6) is 3.95. The van der Waals surface area contributed by atoms with Crippen molar-refractivity contribution in [2.75, 3.05) is 19.9 Å². The molecule has 1 aromatic carbocycles. The molecule has 0 spiro atoms. The van der Waals surface area contributed by atoms with Crippen LogP contribution in [0.3, 0.4) is 0 Å². The van der Waals surface area contributed by atoms with E-state index < -0.39 is 0 Å². The number of nitrogens with zero attached hydrogens (tertiary/aromatic N) is 2. The molecule has 0 radical (unpaired) electrons. The lowest BCUT2D eigenvalue weighted by atomic mass is 9.98. The van der Waals surface area contributed by atoms with Crippen LogP contribution in [0.2, 0.25) is 0 Å². The van der Waals surface area contributed by atoms with Gasteiger partial charge < -0.3 is 19.4 Å². The highest BCUT2D eigenvalue weighted by molar-refractivity contribution is 5.81. The van der Waals surface area contributed by atoms with Crippen molar-refractivity contribution < 1.29 is 9.47 Å². The molecular formula is C17H23N3O2. The molecule has 2 aromatic rings. The van der Waals surface area contributed by atoms with Gasteiger partial charge in [-0.2, -0.15) is 0 Å². The Kier molecular flexibility index (Phi) is 3.45. The summed E-state index contributed by atoms with van der Waals surface area (Å²) in [4.78, 5) is 4.87. The van der Waals surface area contributed by atoms with Crippen molar-refractivity contribution in [2.24, 2.45) is 5.92 Å². The van der Waals surface area contributed by atoms with Crippen LogP contribution in [0.4, 0.5) is 0 Å². The maximum Gasteiger partial charge on any atom is 0.231 e. The van der Waals surface area contributed by atoms with Crippen molar-refractivity contribution in [2.45, 2.75) is 39.2 Å². The van der Waals surface area contributed by atoms with E-state index in [-0.39, 0.29) is 0 Å². The van der Waals surface area contributed by atoms with Gasteiger partial charge in [-0.15, -0.1) is 0 Å². The highest BCUT2D eigenvalue weighted by Crippen LogP contribution is 2.37. The number of rotatable bonds is 3. The molecule has 118 valence electrons. The molecular weight excluding hydrogens is 278 g/mol. The third-order valence-corrected chi connectivity index (χ3v) is 4.69. The molecule has 1 N–H and O–H groups in total. The highest BCUT2D eigenvalue weighted by atomic mass is 16.7. The lowest BCUT2D eigenvalue weighted by Crippen LogP contribution is -2.30. The fraction of sp³-hybridized carbons (Fsp3) is 0.588. The number of hydrogen-bond acceptors (Lipinski definition) is 4. The topological polar surface area (TPSA) is 48.3 Å². The summed E-state index contributed by atoms with van der Waals surface area (Å²) in [6, 6.07) is 4.11. The molecule has 5 nitrogen and oxygen atoms in total. The molecule has 3 heterocycles. The first kappa shape index (κ1) is 13.9. The van der Waals surface area contributed by atoms with Crippen molar-refractivity contribution in [1.29, 1.82) is 0 Å². The Morgan fingerprint density at radius 2 is 1.95 bits per heavy atom. The minimum atomic E-state index is 0.313. The van der Waals surface area contributed by atoms with Crippen molar-refractivity contribution >= 4 is 11.0 Å². The summed E-state index contributed by atoms with van der Waals surface area (Å²) in [6.45, 7) is 8.03. The monoisotopic (exact) mass is 301 g/mol. The van der Waals surface area contributed by atoms with Gasteiger partial charge in [-0.3, -0.25) is 0 Å². The smallest absolute Gasteiger partial charge is 0.231 e. The van der Waals surface area contributed by atoms with Crippen LogP contribution in [-0.4, -0.2) is 29.4 Å². The number of benzene rings is 1. The van der Waals surface area contributed by atoms with Gasteiger partial charge in [0.2, 0.25) is 6.79 Å². The summed E-state index contributed by atoms with van der Waals surface area (Å²) >= 11 is 0. The normalized spacial score (nSPS) is 18.5. The Bertz CT molecular complexity index is 687. The van der Waals surface area contributed by atoms with Crippen LogP contribution < -0.4 is 14.8 Å². The highest BCUT2D eigenvalue weighted by Gasteiger charge is 2.22. The molecule has 2 aliphatic heterocycles. The molecule has 1 fully saturated rings. The molecule has 0 bridgehead atoms. The van der Waals surface area contributed by atoms with Gasteiger partial charge >= 0.3 is 0 Å². The maximum absolute atomic E-state index is 5.55. The fourth-order valence-electron chi connectivity index (χ4n) is 3.49. The second-order valence-electron chi connectivity index (χ2n) is 6.62. The standard InChI is InChI=1S/C17H23N3O2/c1-11(2)17-19-13-7-15-16(22-10-21-15)8-14(13)20(17)9-12-3-5-18-6-4-12/h7-8,11-12,18H,3-6,9-10H2,1-2H3. The van der Waals surface area contributed by atoms with E-state index in [0.717, 1.165) is 48.4 Å². The van der Waals surface area contributed by atoms with Crippen LogP contribution in [0, 0.1) is 5.92 Å². The zero-order chi connectivity index (χ0) is 15.1. The molecule has 0 saturated carbocycles. The van der Waals surface area contributed by atoms with Gasteiger partial charge in [0.1, 0.15) is 5.82 Å². The van der Waals surface area contributed by atoms with Gasteiger partial charge in [-0.05, 0) is 31.8 Å². The predicted molar refractivity (Wildman–Crippen MR) is 85.5 cm³/mol. The molecule has 4 rings (SSSR count). The van der Waals surface area contributed by atoms with Gasteiger partial charge in [-0.25, -0.2) is 4.98 Å². The van der Waals surface area contributed by atoms with E-state index in [0.29, 0.717) is 12.7 Å². The van der Waals surface area contributed by atoms with Crippen LogP contribution in [0.25, 0.3) is 11.0 Å². The van der Waals surface area contributed by atoms with E-state index in [1.165, 1.54) is 18.4 Å². The first-order valence-electron chi connectivity index (χ1n) is 8.23. The number of fused-ring (bicyclic) bond motifs is 2. The van der Waals surface area contributed by atoms with E-state index in [1.807, 2.05) is 6.07 Å². The van der Waals surface area contributed by atoms with Crippen molar-refractivity contribution in [3.8, 4) is 11.5 Å². The first-order chi connectivity index (χ1) is 10.7. The number of imidazole rings is 1. The predicted octanol–water partition coefficient (Wildman–Crippen LogP) is 2.89. The Balaban J connectivity index is 1.77. The van der Waals surface area contributed by atoms with Gasteiger partial charge in [-0.1, -0.05) is 13.8 Å². The van der Waals surface area contributed by atoms with E-state index in [2.05, 4.69) is 29.8 Å². The average Bonchev–Trinajstić information content (AvgIpc) is 3.10. The number of hydrogen-bond donors (Lipinski definition) is 1. The second-order valence-corrected chi connectivity index (χ2v) is 6.62. The molecule has 1 saturated heterocycles. The largest absolute Gasteiger partial charge is 0.454 e. The second kappa shape index (κ2) is 5.47. The zero-order valence-electron chi connectivity index (χ0n) is 13.3. The third-order valence-electron chi connectivity index (χ3n) is 4.69. The number of aromatic nitrogens is 2. The van der Waals surface area contributed by atoms with E-state index >= 15 is 0 Å². The minimum Gasteiger partial charge on any atom is -0.454 e. The van der Waals surface area contributed by atoms with Crippen molar-refractivity contribution in [1.82, 2.24) is 14.9 Å². The van der Waals surface area contributed by atoms with Gasteiger partial charge in [0.05, 0.1) is 11.0 Å². The Morgan fingerprint density at radius 1 is 1.23 bits per heavy atom. The van der Waals surface area contributed by atoms with E-state index in [4.69, 9.17) is 14.5 Å². The first-order valence-corrected chi connectivity index (χ1v) is 8.23. The average molecular weight is 301 g/mol. The minimum absolute atomic E-state index is 0.313. The number of piperidine rings is 1. The third kappa shape index (κ3) is 2.33. The van der Waals surface area contributed by atoms with E-state index in [9.17, 15) is 0 Å². The maximum atomic E-state index is 5.55. The summed E-state index contributed by atoms with van der Waals surface area (Å²) in [6.07, 6.45) is 2.48. The Morgan fingerprint density at radius 3 is 2.68 bits per heavy atom.